The molecule has 174 valence electrons. The fourth-order valence-electron chi connectivity index (χ4n) is 4.45. The number of nitrogens with zero attached hydrogens (tertiary/aromatic N) is 1. The van der Waals surface area contributed by atoms with E-state index in [1.165, 1.54) is 14.2 Å². The van der Waals surface area contributed by atoms with E-state index in [9.17, 15) is 13.2 Å². The van der Waals surface area contributed by atoms with Crippen LogP contribution in [0.5, 0.6) is 11.5 Å². The summed E-state index contributed by atoms with van der Waals surface area (Å²) in [5, 5.41) is 0. The Balaban J connectivity index is 2.08. The number of sulfonamides is 1. The Hall–Kier alpha value is -2.74. The third kappa shape index (κ3) is 4.28. The van der Waals surface area contributed by atoms with Crippen LogP contribution in [0.25, 0.3) is 0 Å². The standard InChI is InChI=1S/C24H32N2O5S/c1-15-11-9-10-14-26(15)24(27)19-12-7-8-13-20(19)25-32(28,29)23-18(4)21(30-5)16(2)17(3)22(23)31-6/h7-8,12-13,15,25H,9-11,14H2,1-6H3/t15-/m1/s1. The van der Waals surface area contributed by atoms with Crippen LogP contribution < -0.4 is 14.2 Å². The van der Waals surface area contributed by atoms with Crippen LogP contribution >= 0.6 is 0 Å². The molecule has 32 heavy (non-hydrogen) atoms. The van der Waals surface area contributed by atoms with Crippen molar-refractivity contribution in [3.8, 4) is 11.5 Å². The van der Waals surface area contributed by atoms with Crippen molar-refractivity contribution in [2.75, 3.05) is 25.5 Å². The zero-order valence-electron chi connectivity index (χ0n) is 19.6. The monoisotopic (exact) mass is 460 g/mol. The SMILES string of the molecule is COc1c(C)c(C)c(OC)c(S(=O)(=O)Nc2ccccc2C(=O)N2CCCC[C@H]2C)c1C. The maximum atomic E-state index is 13.6. The summed E-state index contributed by atoms with van der Waals surface area (Å²) in [7, 11) is -1.13. The van der Waals surface area contributed by atoms with Crippen LogP contribution in [-0.2, 0) is 10.0 Å². The summed E-state index contributed by atoms with van der Waals surface area (Å²) in [5.41, 5.74) is 2.52. The van der Waals surface area contributed by atoms with Crippen LogP contribution in [0.15, 0.2) is 29.2 Å². The number of hydrogen-bond acceptors (Lipinski definition) is 5. The minimum absolute atomic E-state index is 0.00791. The van der Waals surface area contributed by atoms with Gasteiger partial charge in [0, 0.05) is 18.2 Å². The van der Waals surface area contributed by atoms with Crippen LogP contribution in [0.1, 0.15) is 53.2 Å². The molecular formula is C24H32N2O5S. The summed E-state index contributed by atoms with van der Waals surface area (Å²) in [4.78, 5) is 15.1. The zero-order valence-corrected chi connectivity index (χ0v) is 20.4. The topological polar surface area (TPSA) is 84.9 Å². The molecule has 7 nitrogen and oxygen atoms in total. The Morgan fingerprint density at radius 1 is 1.00 bits per heavy atom. The van der Waals surface area contributed by atoms with Crippen LogP contribution in [0.3, 0.4) is 0 Å². The van der Waals surface area contributed by atoms with Gasteiger partial charge in [-0.25, -0.2) is 8.42 Å². The minimum Gasteiger partial charge on any atom is -0.496 e. The first-order valence-electron chi connectivity index (χ1n) is 10.8. The number of benzene rings is 2. The van der Waals surface area contributed by atoms with Crippen LogP contribution in [0, 0.1) is 20.8 Å². The maximum Gasteiger partial charge on any atom is 0.266 e. The molecule has 1 aliphatic rings. The number of piperidine rings is 1. The number of hydrogen-bond donors (Lipinski definition) is 1. The first-order valence-corrected chi connectivity index (χ1v) is 12.3. The molecule has 1 aliphatic heterocycles. The van der Waals surface area contributed by atoms with Gasteiger partial charge in [0.2, 0.25) is 0 Å². The molecule has 0 bridgehead atoms. The van der Waals surface area contributed by atoms with Gasteiger partial charge in [-0.1, -0.05) is 12.1 Å². The first-order chi connectivity index (χ1) is 15.1. The van der Waals surface area contributed by atoms with Crippen LogP contribution in [0.2, 0.25) is 0 Å². The van der Waals surface area contributed by atoms with Gasteiger partial charge >= 0.3 is 0 Å². The van der Waals surface area contributed by atoms with Crippen molar-refractivity contribution in [2.24, 2.45) is 0 Å². The highest BCUT2D eigenvalue weighted by molar-refractivity contribution is 7.93. The predicted molar refractivity (Wildman–Crippen MR) is 125 cm³/mol. The lowest BCUT2D eigenvalue weighted by atomic mass is 10.0. The lowest BCUT2D eigenvalue weighted by Gasteiger charge is -2.34. The molecule has 1 saturated heterocycles. The summed E-state index contributed by atoms with van der Waals surface area (Å²) >= 11 is 0. The van der Waals surface area contributed by atoms with Crippen molar-refractivity contribution in [3.63, 3.8) is 0 Å². The number of likely N-dealkylation sites (tertiary alicyclic amines) is 1. The number of para-hydroxylation sites is 1. The molecule has 2 aromatic rings. The van der Waals surface area contributed by atoms with E-state index in [4.69, 9.17) is 9.47 Å². The number of rotatable bonds is 6. The quantitative estimate of drug-likeness (QED) is 0.689. The van der Waals surface area contributed by atoms with Crippen molar-refractivity contribution in [1.82, 2.24) is 4.90 Å². The largest absolute Gasteiger partial charge is 0.496 e. The van der Waals surface area contributed by atoms with E-state index in [0.717, 1.165) is 24.8 Å². The van der Waals surface area contributed by atoms with Gasteiger partial charge in [-0.2, -0.15) is 0 Å². The molecule has 0 saturated carbocycles. The molecule has 0 spiro atoms. The molecule has 1 heterocycles. The highest BCUT2D eigenvalue weighted by atomic mass is 32.2. The molecule has 1 fully saturated rings. The molecule has 0 aliphatic carbocycles. The number of methoxy groups -OCH3 is 2. The average Bonchev–Trinajstić information content (AvgIpc) is 2.76. The number of nitrogens with one attached hydrogen (secondary N) is 1. The van der Waals surface area contributed by atoms with Gasteiger partial charge in [-0.3, -0.25) is 9.52 Å². The molecule has 8 heteroatoms. The molecule has 1 amide bonds. The van der Waals surface area contributed by atoms with Crippen molar-refractivity contribution in [2.45, 2.75) is 57.9 Å². The number of ether oxygens (including phenoxy) is 2. The minimum atomic E-state index is -4.08. The van der Waals surface area contributed by atoms with Crippen molar-refractivity contribution in [3.05, 3.63) is 46.5 Å². The van der Waals surface area contributed by atoms with E-state index >= 15 is 0 Å². The van der Waals surface area contributed by atoms with Gasteiger partial charge in [-0.15, -0.1) is 0 Å². The highest BCUT2D eigenvalue weighted by Crippen LogP contribution is 2.41. The van der Waals surface area contributed by atoms with Gasteiger partial charge in [0.15, 0.2) is 0 Å². The predicted octanol–water partition coefficient (Wildman–Crippen LogP) is 4.44. The smallest absolute Gasteiger partial charge is 0.266 e. The summed E-state index contributed by atoms with van der Waals surface area (Å²) in [6.07, 6.45) is 2.98. The first kappa shape index (κ1) is 23.9. The van der Waals surface area contributed by atoms with E-state index in [-0.39, 0.29) is 28.3 Å². The third-order valence-electron chi connectivity index (χ3n) is 6.27. The second-order valence-electron chi connectivity index (χ2n) is 8.27. The van der Waals surface area contributed by atoms with Crippen molar-refractivity contribution < 1.29 is 22.7 Å². The molecular weight excluding hydrogens is 428 g/mol. The summed E-state index contributed by atoms with van der Waals surface area (Å²) in [6.45, 7) is 8.04. The number of anilines is 1. The number of amides is 1. The average molecular weight is 461 g/mol. The van der Waals surface area contributed by atoms with Crippen LogP contribution in [0.4, 0.5) is 5.69 Å². The Morgan fingerprint density at radius 3 is 2.25 bits per heavy atom. The molecule has 0 radical (unpaired) electrons. The normalized spacial score (nSPS) is 16.6. The fourth-order valence-corrected chi connectivity index (χ4v) is 6.00. The van der Waals surface area contributed by atoms with Gasteiger partial charge in [0.05, 0.1) is 25.5 Å². The molecule has 0 unspecified atom stereocenters. The van der Waals surface area contributed by atoms with E-state index in [1.807, 2.05) is 18.7 Å². The highest BCUT2D eigenvalue weighted by Gasteiger charge is 2.31. The van der Waals surface area contributed by atoms with E-state index in [2.05, 4.69) is 4.72 Å². The Kier molecular flexibility index (Phi) is 7.03. The second kappa shape index (κ2) is 9.40. The summed E-state index contributed by atoms with van der Waals surface area (Å²) in [5.74, 6) is 0.591. The Morgan fingerprint density at radius 2 is 1.62 bits per heavy atom. The van der Waals surface area contributed by atoms with Gasteiger partial charge in [-0.05, 0) is 70.2 Å². The number of carbonyl (C=O) groups excluding carboxylic acids is 1. The summed E-state index contributed by atoms with van der Waals surface area (Å²) in [6, 6.07) is 6.84. The molecule has 0 aromatic heterocycles. The number of carbonyl (C=O) groups is 1. The fraction of sp³-hybridized carbons (Fsp3) is 0.458. The maximum absolute atomic E-state index is 13.6. The van der Waals surface area contributed by atoms with E-state index in [1.54, 1.807) is 38.1 Å². The van der Waals surface area contributed by atoms with Gasteiger partial charge in [0.1, 0.15) is 16.4 Å². The Labute approximate surface area is 190 Å². The zero-order chi connectivity index (χ0) is 23.6. The lowest BCUT2D eigenvalue weighted by molar-refractivity contribution is 0.0636. The third-order valence-corrected chi connectivity index (χ3v) is 7.79. The van der Waals surface area contributed by atoms with E-state index in [0.29, 0.717) is 29.0 Å². The van der Waals surface area contributed by atoms with Gasteiger partial charge in [0.25, 0.3) is 15.9 Å². The summed E-state index contributed by atoms with van der Waals surface area (Å²) < 4.78 is 40.8. The Bertz CT molecular complexity index is 1130. The molecule has 1 N–H and O–H groups in total. The lowest BCUT2D eigenvalue weighted by Crippen LogP contribution is -2.42. The molecule has 1 atom stereocenters. The van der Waals surface area contributed by atoms with Gasteiger partial charge < -0.3 is 14.4 Å². The van der Waals surface area contributed by atoms with E-state index < -0.39 is 10.0 Å². The van der Waals surface area contributed by atoms with Crippen molar-refractivity contribution in [1.29, 1.82) is 0 Å². The second-order valence-corrected chi connectivity index (χ2v) is 9.88. The molecule has 3 rings (SSSR count). The molecule has 2 aromatic carbocycles. The van der Waals surface area contributed by atoms with Crippen molar-refractivity contribution >= 4 is 21.6 Å². The van der Waals surface area contributed by atoms with Crippen LogP contribution in [-0.4, -0.2) is 46.0 Å².